The van der Waals surface area contributed by atoms with E-state index in [1.165, 1.54) is 38.4 Å². The summed E-state index contributed by atoms with van der Waals surface area (Å²) in [6.45, 7) is 0. The standard InChI is InChI=1S/C9H16N4/c10-8(9-11-6-12-13-9)7-4-2-1-3-5-7/h6-8H,1-5,10H2,(H,11,12,13). The minimum atomic E-state index is 0.0581. The van der Waals surface area contributed by atoms with E-state index in [0.29, 0.717) is 5.92 Å². The maximum atomic E-state index is 6.08. The third kappa shape index (κ3) is 1.88. The molecule has 0 bridgehead atoms. The number of aromatic amines is 1. The van der Waals surface area contributed by atoms with Crippen molar-refractivity contribution in [1.82, 2.24) is 15.2 Å². The van der Waals surface area contributed by atoms with Gasteiger partial charge in [0.25, 0.3) is 0 Å². The summed E-state index contributed by atoms with van der Waals surface area (Å²) in [7, 11) is 0. The average molecular weight is 180 g/mol. The molecule has 1 heterocycles. The first kappa shape index (κ1) is 8.69. The van der Waals surface area contributed by atoms with Gasteiger partial charge in [-0.15, -0.1) is 0 Å². The predicted octanol–water partition coefficient (Wildman–Crippen LogP) is 1.38. The van der Waals surface area contributed by atoms with Gasteiger partial charge in [-0.3, -0.25) is 5.10 Å². The Morgan fingerprint density at radius 1 is 1.38 bits per heavy atom. The number of aromatic nitrogens is 3. The highest BCUT2D eigenvalue weighted by molar-refractivity contribution is 4.93. The number of nitrogens with two attached hydrogens (primary N) is 1. The maximum absolute atomic E-state index is 6.08. The topological polar surface area (TPSA) is 67.6 Å². The maximum Gasteiger partial charge on any atom is 0.141 e. The van der Waals surface area contributed by atoms with Gasteiger partial charge in [0.1, 0.15) is 12.2 Å². The largest absolute Gasteiger partial charge is 0.321 e. The predicted molar refractivity (Wildman–Crippen MR) is 49.9 cm³/mol. The highest BCUT2D eigenvalue weighted by Crippen LogP contribution is 2.31. The van der Waals surface area contributed by atoms with E-state index in [1.54, 1.807) is 0 Å². The van der Waals surface area contributed by atoms with Crippen LogP contribution in [0.1, 0.15) is 44.0 Å². The van der Waals surface area contributed by atoms with Crippen LogP contribution in [0.5, 0.6) is 0 Å². The molecule has 0 amide bonds. The third-order valence-corrected chi connectivity index (χ3v) is 2.91. The van der Waals surface area contributed by atoms with Crippen LogP contribution in [-0.2, 0) is 0 Å². The molecule has 1 atom stereocenters. The van der Waals surface area contributed by atoms with Gasteiger partial charge in [0, 0.05) is 0 Å². The van der Waals surface area contributed by atoms with Crippen molar-refractivity contribution < 1.29 is 0 Å². The Bertz CT molecular complexity index is 238. The molecule has 4 heteroatoms. The first-order valence-corrected chi connectivity index (χ1v) is 4.99. The van der Waals surface area contributed by atoms with Crippen LogP contribution >= 0.6 is 0 Å². The second-order valence-corrected chi connectivity index (χ2v) is 3.79. The quantitative estimate of drug-likeness (QED) is 0.722. The van der Waals surface area contributed by atoms with Gasteiger partial charge < -0.3 is 5.73 Å². The first-order valence-electron chi connectivity index (χ1n) is 4.99. The van der Waals surface area contributed by atoms with Crippen molar-refractivity contribution in [3.63, 3.8) is 0 Å². The zero-order valence-electron chi connectivity index (χ0n) is 7.74. The van der Waals surface area contributed by atoms with Gasteiger partial charge in [0.15, 0.2) is 0 Å². The van der Waals surface area contributed by atoms with Crippen molar-refractivity contribution in [2.75, 3.05) is 0 Å². The van der Waals surface area contributed by atoms with Crippen LogP contribution < -0.4 is 5.73 Å². The SMILES string of the molecule is NC(c1ncn[nH]1)C1CCCCC1. The van der Waals surface area contributed by atoms with Crippen LogP contribution in [-0.4, -0.2) is 15.2 Å². The van der Waals surface area contributed by atoms with Crippen molar-refractivity contribution in [1.29, 1.82) is 0 Å². The Kier molecular flexibility index (Phi) is 2.59. The van der Waals surface area contributed by atoms with Gasteiger partial charge in [0.05, 0.1) is 6.04 Å². The minimum absolute atomic E-state index is 0.0581. The summed E-state index contributed by atoms with van der Waals surface area (Å²) in [5, 5.41) is 6.67. The van der Waals surface area contributed by atoms with E-state index in [9.17, 15) is 0 Å². The van der Waals surface area contributed by atoms with Crippen LogP contribution in [0.3, 0.4) is 0 Å². The molecule has 0 saturated heterocycles. The molecule has 1 aromatic rings. The van der Waals surface area contributed by atoms with Crippen molar-refractivity contribution in [3.8, 4) is 0 Å². The second kappa shape index (κ2) is 3.87. The lowest BCUT2D eigenvalue weighted by atomic mass is 9.84. The van der Waals surface area contributed by atoms with Crippen molar-refractivity contribution in [2.45, 2.75) is 38.1 Å². The molecule has 0 spiro atoms. The van der Waals surface area contributed by atoms with E-state index in [1.807, 2.05) is 0 Å². The van der Waals surface area contributed by atoms with E-state index in [2.05, 4.69) is 15.2 Å². The fourth-order valence-corrected chi connectivity index (χ4v) is 2.09. The minimum Gasteiger partial charge on any atom is -0.321 e. The van der Waals surface area contributed by atoms with E-state index in [0.717, 1.165) is 5.82 Å². The molecular weight excluding hydrogens is 164 g/mol. The fraction of sp³-hybridized carbons (Fsp3) is 0.778. The molecular formula is C9H16N4. The second-order valence-electron chi connectivity index (χ2n) is 3.79. The summed E-state index contributed by atoms with van der Waals surface area (Å²) in [5.41, 5.74) is 6.08. The summed E-state index contributed by atoms with van der Waals surface area (Å²) in [6, 6.07) is 0.0581. The highest BCUT2D eigenvalue weighted by Gasteiger charge is 2.23. The summed E-state index contributed by atoms with van der Waals surface area (Å²) in [5.74, 6) is 1.44. The zero-order chi connectivity index (χ0) is 9.10. The Morgan fingerprint density at radius 3 is 2.77 bits per heavy atom. The third-order valence-electron chi connectivity index (χ3n) is 2.91. The lowest BCUT2D eigenvalue weighted by Gasteiger charge is -2.25. The molecule has 3 N–H and O–H groups in total. The Labute approximate surface area is 77.9 Å². The Hall–Kier alpha value is -0.900. The number of rotatable bonds is 2. The Balaban J connectivity index is 1.99. The molecule has 0 aliphatic heterocycles. The van der Waals surface area contributed by atoms with E-state index in [-0.39, 0.29) is 6.04 Å². The van der Waals surface area contributed by atoms with Crippen molar-refractivity contribution in [3.05, 3.63) is 12.2 Å². The molecule has 0 radical (unpaired) electrons. The molecule has 1 fully saturated rings. The number of H-pyrrole nitrogens is 1. The lowest BCUT2D eigenvalue weighted by molar-refractivity contribution is 0.301. The summed E-state index contributed by atoms with van der Waals surface area (Å²) >= 11 is 0. The van der Waals surface area contributed by atoms with Gasteiger partial charge in [-0.2, -0.15) is 5.10 Å². The molecule has 13 heavy (non-hydrogen) atoms. The molecule has 1 saturated carbocycles. The smallest absolute Gasteiger partial charge is 0.141 e. The van der Waals surface area contributed by atoms with Gasteiger partial charge >= 0.3 is 0 Å². The van der Waals surface area contributed by atoms with Crippen LogP contribution in [0.15, 0.2) is 6.33 Å². The van der Waals surface area contributed by atoms with Gasteiger partial charge in [-0.25, -0.2) is 4.98 Å². The van der Waals surface area contributed by atoms with Gasteiger partial charge in [-0.1, -0.05) is 19.3 Å². The molecule has 1 aliphatic rings. The fourth-order valence-electron chi connectivity index (χ4n) is 2.09. The van der Waals surface area contributed by atoms with E-state index >= 15 is 0 Å². The molecule has 2 rings (SSSR count). The molecule has 72 valence electrons. The molecule has 1 unspecified atom stereocenters. The molecule has 0 aromatic carbocycles. The number of hydrogen-bond donors (Lipinski definition) is 2. The summed E-state index contributed by atoms with van der Waals surface area (Å²) < 4.78 is 0. The van der Waals surface area contributed by atoms with Gasteiger partial charge in [0.2, 0.25) is 0 Å². The lowest BCUT2D eigenvalue weighted by Crippen LogP contribution is -2.24. The number of nitrogens with zero attached hydrogens (tertiary/aromatic N) is 2. The summed E-state index contributed by atoms with van der Waals surface area (Å²) in [4.78, 5) is 4.10. The van der Waals surface area contributed by atoms with Gasteiger partial charge in [-0.05, 0) is 18.8 Å². The molecule has 1 aliphatic carbocycles. The van der Waals surface area contributed by atoms with E-state index in [4.69, 9.17) is 5.73 Å². The average Bonchev–Trinajstić information content (AvgIpc) is 2.71. The number of nitrogens with one attached hydrogen (secondary N) is 1. The molecule has 4 nitrogen and oxygen atoms in total. The zero-order valence-corrected chi connectivity index (χ0v) is 7.74. The van der Waals surface area contributed by atoms with Crippen molar-refractivity contribution >= 4 is 0 Å². The monoisotopic (exact) mass is 180 g/mol. The normalized spacial score (nSPS) is 21.6. The number of hydrogen-bond acceptors (Lipinski definition) is 3. The van der Waals surface area contributed by atoms with Crippen LogP contribution in [0, 0.1) is 5.92 Å². The molecule has 1 aromatic heterocycles. The van der Waals surface area contributed by atoms with Crippen LogP contribution in [0.25, 0.3) is 0 Å². The highest BCUT2D eigenvalue weighted by atomic mass is 15.2. The van der Waals surface area contributed by atoms with Crippen molar-refractivity contribution in [2.24, 2.45) is 11.7 Å². The first-order chi connectivity index (χ1) is 6.38. The van der Waals surface area contributed by atoms with E-state index < -0.39 is 0 Å². The van der Waals surface area contributed by atoms with Crippen LogP contribution in [0.4, 0.5) is 0 Å². The van der Waals surface area contributed by atoms with Crippen LogP contribution in [0.2, 0.25) is 0 Å². The summed E-state index contributed by atoms with van der Waals surface area (Å²) in [6.07, 6.45) is 7.99. The Morgan fingerprint density at radius 2 is 2.15 bits per heavy atom.